The number of hydrogen-bond donors (Lipinski definition) is 1. The summed E-state index contributed by atoms with van der Waals surface area (Å²) < 4.78 is 32.5. The molecule has 0 aromatic heterocycles. The summed E-state index contributed by atoms with van der Waals surface area (Å²) in [7, 11) is -4.30. The van der Waals surface area contributed by atoms with E-state index in [4.69, 9.17) is 18.5 Å². The molecule has 0 saturated carbocycles. The molecule has 0 spiro atoms. The zero-order valence-corrected chi connectivity index (χ0v) is 33.6. The van der Waals surface area contributed by atoms with Gasteiger partial charge in [-0.25, -0.2) is 4.57 Å². The van der Waals surface area contributed by atoms with Crippen molar-refractivity contribution < 1.29 is 37.6 Å². The Morgan fingerprint density at radius 3 is 1.56 bits per heavy atom. The van der Waals surface area contributed by atoms with E-state index in [1.807, 2.05) is 12.2 Å². The maximum Gasteiger partial charge on any atom is 0.472 e. The zero-order chi connectivity index (χ0) is 38.2. The fourth-order valence-electron chi connectivity index (χ4n) is 4.82. The summed E-state index contributed by atoms with van der Waals surface area (Å²) in [5.41, 5.74) is 0. The van der Waals surface area contributed by atoms with Crippen molar-refractivity contribution in [1.29, 1.82) is 0 Å². The number of phosphoric acid groups is 1. The van der Waals surface area contributed by atoms with Crippen LogP contribution in [0.15, 0.2) is 85.1 Å². The van der Waals surface area contributed by atoms with Gasteiger partial charge in [0.1, 0.15) is 6.61 Å². The lowest BCUT2D eigenvalue weighted by Gasteiger charge is -2.19. The van der Waals surface area contributed by atoms with Gasteiger partial charge >= 0.3 is 19.8 Å². The minimum Gasteiger partial charge on any atom is -0.462 e. The largest absolute Gasteiger partial charge is 0.472 e. The van der Waals surface area contributed by atoms with Crippen LogP contribution in [0.25, 0.3) is 0 Å². The second-order valence-electron chi connectivity index (χ2n) is 12.6. The average molecular weight is 747 g/mol. The van der Waals surface area contributed by atoms with Gasteiger partial charge in [-0.2, -0.15) is 0 Å². The first kappa shape index (κ1) is 49.2. The Kier molecular flexibility index (Phi) is 35.9. The molecule has 2 atom stereocenters. The van der Waals surface area contributed by atoms with Gasteiger partial charge in [-0.1, -0.05) is 137 Å². The summed E-state index contributed by atoms with van der Waals surface area (Å²) in [5, 5.41) is 0. The molecule has 0 aliphatic heterocycles. The lowest BCUT2D eigenvalue weighted by Crippen LogP contribution is -2.29. The molecule has 0 heterocycles. The number of esters is 2. The van der Waals surface area contributed by atoms with Gasteiger partial charge in [0.15, 0.2) is 6.10 Å². The second-order valence-corrected chi connectivity index (χ2v) is 14.0. The van der Waals surface area contributed by atoms with E-state index in [1.165, 1.54) is 32.1 Å². The summed E-state index contributed by atoms with van der Waals surface area (Å²) in [6.07, 6.45) is 47.9. The van der Waals surface area contributed by atoms with E-state index in [-0.39, 0.29) is 26.1 Å². The van der Waals surface area contributed by atoms with E-state index >= 15 is 0 Å². The molecule has 0 aliphatic carbocycles. The molecule has 0 fully saturated rings. The third-order valence-electron chi connectivity index (χ3n) is 7.70. The smallest absolute Gasteiger partial charge is 0.462 e. The Morgan fingerprint density at radius 1 is 0.538 bits per heavy atom. The van der Waals surface area contributed by atoms with E-state index in [9.17, 15) is 19.0 Å². The number of unbranched alkanes of at least 4 members (excludes halogenated alkanes) is 9. The first-order chi connectivity index (χ1) is 25.3. The van der Waals surface area contributed by atoms with E-state index in [1.54, 1.807) is 6.92 Å². The van der Waals surface area contributed by atoms with Crippen LogP contribution in [0.1, 0.15) is 149 Å². The minimum absolute atomic E-state index is 0.0188. The molecule has 0 aliphatic rings. The van der Waals surface area contributed by atoms with E-state index in [0.29, 0.717) is 6.42 Å². The number of phosphoric ester groups is 1. The van der Waals surface area contributed by atoms with Crippen LogP contribution in [0.5, 0.6) is 0 Å². The van der Waals surface area contributed by atoms with Crippen LogP contribution >= 0.6 is 7.82 Å². The Balaban J connectivity index is 4.30. The third-order valence-corrected chi connectivity index (χ3v) is 8.76. The van der Waals surface area contributed by atoms with Crippen molar-refractivity contribution >= 4 is 19.8 Å². The highest BCUT2D eigenvalue weighted by Gasteiger charge is 2.25. The molecule has 0 amide bonds. The molecule has 9 heteroatoms. The van der Waals surface area contributed by atoms with E-state index in [0.717, 1.165) is 77.0 Å². The number of rotatable bonds is 35. The molecule has 0 radical (unpaired) electrons. The van der Waals surface area contributed by atoms with E-state index in [2.05, 4.69) is 86.8 Å². The van der Waals surface area contributed by atoms with Crippen molar-refractivity contribution in [2.75, 3.05) is 19.8 Å². The molecule has 0 bridgehead atoms. The summed E-state index contributed by atoms with van der Waals surface area (Å²) in [5.74, 6) is -0.915. The van der Waals surface area contributed by atoms with Crippen LogP contribution < -0.4 is 0 Å². The van der Waals surface area contributed by atoms with Gasteiger partial charge in [-0.3, -0.25) is 18.6 Å². The SMILES string of the molecule is CC/C=C\C/C=C\C/C=C\C/C=C\C/C=C\C/C=C\CCC(=O)OC(COC(=O)CCCCCCC/C=C\CCCCCC)COP(=O)(O)OCC. The molecular formula is C43H71O8P. The number of carbonyl (C=O) groups excluding carboxylic acids is 2. The van der Waals surface area contributed by atoms with Crippen molar-refractivity contribution in [3.63, 3.8) is 0 Å². The van der Waals surface area contributed by atoms with Crippen molar-refractivity contribution in [3.05, 3.63) is 85.1 Å². The van der Waals surface area contributed by atoms with Crippen molar-refractivity contribution in [2.24, 2.45) is 0 Å². The normalized spacial score (nSPS) is 14.3. The molecule has 296 valence electrons. The molecule has 0 aromatic carbocycles. The maximum atomic E-state index is 12.5. The second kappa shape index (κ2) is 38.0. The van der Waals surface area contributed by atoms with Gasteiger partial charge in [0.05, 0.1) is 13.2 Å². The zero-order valence-electron chi connectivity index (χ0n) is 32.7. The topological polar surface area (TPSA) is 108 Å². The first-order valence-electron chi connectivity index (χ1n) is 19.9. The molecule has 0 saturated heterocycles. The Labute approximate surface area is 316 Å². The fraction of sp³-hybridized carbons (Fsp3) is 0.628. The maximum absolute atomic E-state index is 12.5. The van der Waals surface area contributed by atoms with Crippen LogP contribution in [0.2, 0.25) is 0 Å². The highest BCUT2D eigenvalue weighted by atomic mass is 31.2. The minimum atomic E-state index is -4.30. The molecule has 0 aromatic rings. The number of allylic oxidation sites excluding steroid dienone is 14. The Hall–Kier alpha value is -2.77. The lowest BCUT2D eigenvalue weighted by atomic mass is 10.1. The third kappa shape index (κ3) is 37.0. The molecule has 1 N–H and O–H groups in total. The van der Waals surface area contributed by atoms with Crippen molar-refractivity contribution in [1.82, 2.24) is 0 Å². The Morgan fingerprint density at radius 2 is 1.02 bits per heavy atom. The molecule has 2 unspecified atom stereocenters. The summed E-state index contributed by atoms with van der Waals surface area (Å²) in [6.45, 7) is 5.22. The van der Waals surface area contributed by atoms with Crippen molar-refractivity contribution in [2.45, 2.75) is 155 Å². The van der Waals surface area contributed by atoms with Crippen LogP contribution in [-0.4, -0.2) is 42.8 Å². The van der Waals surface area contributed by atoms with E-state index < -0.39 is 32.5 Å². The number of ether oxygens (including phenoxy) is 2. The van der Waals surface area contributed by atoms with Crippen LogP contribution in [-0.2, 0) is 32.7 Å². The highest BCUT2D eigenvalue weighted by molar-refractivity contribution is 7.47. The summed E-state index contributed by atoms with van der Waals surface area (Å²) in [4.78, 5) is 34.6. The highest BCUT2D eigenvalue weighted by Crippen LogP contribution is 2.43. The molecule has 8 nitrogen and oxygen atoms in total. The Bertz CT molecular complexity index is 1120. The van der Waals surface area contributed by atoms with Gasteiger partial charge in [-0.05, 0) is 84.0 Å². The van der Waals surface area contributed by atoms with Crippen LogP contribution in [0.4, 0.5) is 0 Å². The predicted octanol–water partition coefficient (Wildman–Crippen LogP) is 12.3. The van der Waals surface area contributed by atoms with Gasteiger partial charge in [0, 0.05) is 12.8 Å². The fourth-order valence-corrected chi connectivity index (χ4v) is 5.58. The van der Waals surface area contributed by atoms with Gasteiger partial charge in [0.25, 0.3) is 0 Å². The number of carbonyl (C=O) groups is 2. The summed E-state index contributed by atoms with van der Waals surface area (Å²) >= 11 is 0. The van der Waals surface area contributed by atoms with Crippen LogP contribution in [0.3, 0.4) is 0 Å². The molecule has 52 heavy (non-hydrogen) atoms. The summed E-state index contributed by atoms with van der Waals surface area (Å²) in [6, 6.07) is 0. The standard InChI is InChI=1S/C43H71O8P/c1-4-7-9-11-13-15-17-19-20-21-22-23-24-26-28-30-32-34-36-38-43(45)51-41(40-50-52(46,47)49-6-3)39-48-42(44)37-35-33-31-29-27-25-18-16-14-12-10-8-5-2/h7,9,13,15-16,18-20,22-23,26,28,32,34,41H,4-6,8,10-12,14,17,21,24-25,27,29-31,33,35-40H2,1-3H3,(H,46,47)/b9-7-,15-13-,18-16-,20-19-,23-22-,28-26-,34-32-. The first-order valence-corrected chi connectivity index (χ1v) is 21.4. The number of hydrogen-bond acceptors (Lipinski definition) is 7. The van der Waals surface area contributed by atoms with Crippen LogP contribution in [0, 0.1) is 0 Å². The van der Waals surface area contributed by atoms with Gasteiger partial charge in [0.2, 0.25) is 0 Å². The monoisotopic (exact) mass is 746 g/mol. The quantitative estimate of drug-likeness (QED) is 0.0295. The average Bonchev–Trinajstić information content (AvgIpc) is 3.12. The molecule has 0 rings (SSSR count). The van der Waals surface area contributed by atoms with Crippen molar-refractivity contribution in [3.8, 4) is 0 Å². The van der Waals surface area contributed by atoms with Gasteiger partial charge in [-0.15, -0.1) is 0 Å². The van der Waals surface area contributed by atoms with Gasteiger partial charge < -0.3 is 14.4 Å². The molecular weight excluding hydrogens is 675 g/mol. The lowest BCUT2D eigenvalue weighted by molar-refractivity contribution is -0.161. The predicted molar refractivity (Wildman–Crippen MR) is 216 cm³/mol.